The van der Waals surface area contributed by atoms with Gasteiger partial charge in [-0.2, -0.15) is 0 Å². The number of nitrogens with one attached hydrogen (secondary N) is 2. The molecule has 0 heterocycles. The first kappa shape index (κ1) is 12.5. The maximum Gasteiger partial charge on any atom is 0.0484 e. The third kappa shape index (κ3) is 4.22. The zero-order chi connectivity index (χ0) is 11.1. The first-order chi connectivity index (χ1) is 7.27. The molecule has 1 unspecified atom stereocenters. The Balaban J connectivity index is 2.45. The molecule has 0 fully saturated rings. The molecule has 2 N–H and O–H groups in total. The molecular weight excluding hydrogens is 252 g/mol. The van der Waals surface area contributed by atoms with Gasteiger partial charge in [0.1, 0.15) is 0 Å². The SMILES string of the molecule is CCC(CNC)CNc1ccccc1Br. The van der Waals surface area contributed by atoms with Crippen molar-refractivity contribution in [1.82, 2.24) is 5.32 Å². The average Bonchev–Trinajstić information content (AvgIpc) is 2.26. The molecule has 0 aliphatic carbocycles. The number of benzene rings is 1. The molecule has 1 atom stereocenters. The Morgan fingerprint density at radius 2 is 2.00 bits per heavy atom. The zero-order valence-electron chi connectivity index (χ0n) is 9.39. The van der Waals surface area contributed by atoms with Gasteiger partial charge < -0.3 is 10.6 Å². The van der Waals surface area contributed by atoms with Crippen molar-refractivity contribution in [2.45, 2.75) is 13.3 Å². The van der Waals surface area contributed by atoms with Crippen molar-refractivity contribution in [1.29, 1.82) is 0 Å². The minimum atomic E-state index is 0.683. The van der Waals surface area contributed by atoms with Crippen LogP contribution in [0.2, 0.25) is 0 Å². The molecule has 1 rings (SSSR count). The van der Waals surface area contributed by atoms with Gasteiger partial charge in [-0.3, -0.25) is 0 Å². The summed E-state index contributed by atoms with van der Waals surface area (Å²) in [6.45, 7) is 4.30. The van der Waals surface area contributed by atoms with Gasteiger partial charge in [0.15, 0.2) is 0 Å². The van der Waals surface area contributed by atoms with Crippen molar-refractivity contribution in [2.24, 2.45) is 5.92 Å². The minimum absolute atomic E-state index is 0.683. The molecule has 0 saturated carbocycles. The van der Waals surface area contributed by atoms with E-state index in [1.807, 2.05) is 19.2 Å². The summed E-state index contributed by atoms with van der Waals surface area (Å²) in [5.41, 5.74) is 1.17. The average molecular weight is 271 g/mol. The van der Waals surface area contributed by atoms with Gasteiger partial charge in [0.05, 0.1) is 0 Å². The van der Waals surface area contributed by atoms with Crippen LogP contribution < -0.4 is 10.6 Å². The van der Waals surface area contributed by atoms with Crippen LogP contribution in [0.15, 0.2) is 28.7 Å². The van der Waals surface area contributed by atoms with Gasteiger partial charge in [0, 0.05) is 16.7 Å². The van der Waals surface area contributed by atoms with Crippen LogP contribution in [0.1, 0.15) is 13.3 Å². The minimum Gasteiger partial charge on any atom is -0.384 e. The monoisotopic (exact) mass is 270 g/mol. The molecular formula is C12H19BrN2. The van der Waals surface area contributed by atoms with E-state index in [1.165, 1.54) is 12.1 Å². The third-order valence-electron chi connectivity index (χ3n) is 2.53. The molecule has 84 valence electrons. The van der Waals surface area contributed by atoms with Crippen molar-refractivity contribution >= 4 is 21.6 Å². The van der Waals surface area contributed by atoms with E-state index in [9.17, 15) is 0 Å². The smallest absolute Gasteiger partial charge is 0.0484 e. The van der Waals surface area contributed by atoms with E-state index in [0.29, 0.717) is 5.92 Å². The lowest BCUT2D eigenvalue weighted by molar-refractivity contribution is 0.506. The first-order valence-corrected chi connectivity index (χ1v) is 6.20. The first-order valence-electron chi connectivity index (χ1n) is 5.41. The molecule has 15 heavy (non-hydrogen) atoms. The molecule has 2 nitrogen and oxygen atoms in total. The number of rotatable bonds is 6. The Bertz CT molecular complexity index is 289. The molecule has 3 heteroatoms. The fraction of sp³-hybridized carbons (Fsp3) is 0.500. The summed E-state index contributed by atoms with van der Waals surface area (Å²) in [6, 6.07) is 8.23. The lowest BCUT2D eigenvalue weighted by Gasteiger charge is -2.16. The van der Waals surface area contributed by atoms with Crippen LogP contribution in [0, 0.1) is 5.92 Å². The van der Waals surface area contributed by atoms with E-state index in [4.69, 9.17) is 0 Å². The van der Waals surface area contributed by atoms with Crippen LogP contribution in [-0.4, -0.2) is 20.1 Å². The number of para-hydroxylation sites is 1. The summed E-state index contributed by atoms with van der Waals surface area (Å²) in [6.07, 6.45) is 1.19. The summed E-state index contributed by atoms with van der Waals surface area (Å²) >= 11 is 3.53. The van der Waals surface area contributed by atoms with Gasteiger partial charge in [-0.25, -0.2) is 0 Å². The Kier molecular flexibility index (Phi) is 5.73. The predicted molar refractivity (Wildman–Crippen MR) is 70.3 cm³/mol. The van der Waals surface area contributed by atoms with Crippen LogP contribution in [0.3, 0.4) is 0 Å². The van der Waals surface area contributed by atoms with Gasteiger partial charge in [-0.1, -0.05) is 25.5 Å². The van der Waals surface area contributed by atoms with Crippen LogP contribution in [0.4, 0.5) is 5.69 Å². The lowest BCUT2D eigenvalue weighted by atomic mass is 10.1. The van der Waals surface area contributed by atoms with E-state index in [1.54, 1.807) is 0 Å². The number of hydrogen-bond donors (Lipinski definition) is 2. The summed E-state index contributed by atoms with van der Waals surface area (Å²) < 4.78 is 1.13. The highest BCUT2D eigenvalue weighted by Crippen LogP contribution is 2.21. The quantitative estimate of drug-likeness (QED) is 0.830. The largest absolute Gasteiger partial charge is 0.384 e. The van der Waals surface area contributed by atoms with Crippen molar-refractivity contribution < 1.29 is 0 Å². The van der Waals surface area contributed by atoms with Crippen LogP contribution in [0.5, 0.6) is 0 Å². The Labute approximate surface area is 101 Å². The van der Waals surface area contributed by atoms with E-state index >= 15 is 0 Å². The molecule has 0 spiro atoms. The Morgan fingerprint density at radius 3 is 2.60 bits per heavy atom. The van der Waals surface area contributed by atoms with Gasteiger partial charge in [-0.05, 0) is 47.6 Å². The lowest BCUT2D eigenvalue weighted by Crippen LogP contribution is -2.24. The second-order valence-electron chi connectivity index (χ2n) is 3.69. The van der Waals surface area contributed by atoms with Gasteiger partial charge in [0.2, 0.25) is 0 Å². The second-order valence-corrected chi connectivity index (χ2v) is 4.55. The summed E-state index contributed by atoms with van der Waals surface area (Å²) in [4.78, 5) is 0. The van der Waals surface area contributed by atoms with Crippen LogP contribution in [-0.2, 0) is 0 Å². The van der Waals surface area contributed by atoms with Crippen LogP contribution >= 0.6 is 15.9 Å². The van der Waals surface area contributed by atoms with Crippen molar-refractivity contribution in [3.8, 4) is 0 Å². The number of anilines is 1. The summed E-state index contributed by atoms with van der Waals surface area (Å²) in [7, 11) is 2.00. The second kappa shape index (κ2) is 6.85. The standard InChI is InChI=1S/C12H19BrN2/c1-3-10(8-14-2)9-15-12-7-5-4-6-11(12)13/h4-7,10,14-15H,3,8-9H2,1-2H3. The highest BCUT2D eigenvalue weighted by molar-refractivity contribution is 9.10. The number of hydrogen-bond acceptors (Lipinski definition) is 2. The summed E-state index contributed by atoms with van der Waals surface area (Å²) in [5, 5.41) is 6.68. The van der Waals surface area contributed by atoms with Crippen molar-refractivity contribution in [3.05, 3.63) is 28.7 Å². The fourth-order valence-electron chi connectivity index (χ4n) is 1.51. The van der Waals surface area contributed by atoms with E-state index in [-0.39, 0.29) is 0 Å². The molecule has 0 radical (unpaired) electrons. The molecule has 1 aromatic carbocycles. The molecule has 0 bridgehead atoms. The Morgan fingerprint density at radius 1 is 1.27 bits per heavy atom. The fourth-order valence-corrected chi connectivity index (χ4v) is 1.93. The molecule has 1 aromatic rings. The Hall–Kier alpha value is -0.540. The maximum atomic E-state index is 3.53. The predicted octanol–water partition coefficient (Wildman–Crippen LogP) is 3.11. The highest BCUT2D eigenvalue weighted by Gasteiger charge is 2.05. The highest BCUT2D eigenvalue weighted by atomic mass is 79.9. The zero-order valence-corrected chi connectivity index (χ0v) is 11.0. The van der Waals surface area contributed by atoms with Gasteiger partial charge in [0.25, 0.3) is 0 Å². The maximum absolute atomic E-state index is 3.53. The van der Waals surface area contributed by atoms with Gasteiger partial charge in [-0.15, -0.1) is 0 Å². The van der Waals surface area contributed by atoms with E-state index in [2.05, 4.69) is 45.6 Å². The topological polar surface area (TPSA) is 24.1 Å². The third-order valence-corrected chi connectivity index (χ3v) is 3.22. The summed E-state index contributed by atoms with van der Waals surface area (Å²) in [5.74, 6) is 0.683. The van der Waals surface area contributed by atoms with Crippen molar-refractivity contribution in [3.63, 3.8) is 0 Å². The van der Waals surface area contributed by atoms with E-state index in [0.717, 1.165) is 17.6 Å². The normalized spacial score (nSPS) is 12.5. The van der Waals surface area contributed by atoms with E-state index < -0.39 is 0 Å². The molecule has 0 saturated heterocycles. The molecule has 0 aliphatic rings. The molecule has 0 amide bonds. The number of halogens is 1. The van der Waals surface area contributed by atoms with Crippen molar-refractivity contribution in [2.75, 3.05) is 25.5 Å². The molecule has 0 aromatic heterocycles. The molecule has 0 aliphatic heterocycles. The van der Waals surface area contributed by atoms with Crippen LogP contribution in [0.25, 0.3) is 0 Å². The van der Waals surface area contributed by atoms with Gasteiger partial charge >= 0.3 is 0 Å².